The molecule has 0 aliphatic carbocycles. The number of hydrogen-bond donors (Lipinski definition) is 2. The smallest absolute Gasteiger partial charge is 0.253 e. The maximum Gasteiger partial charge on any atom is 0.253 e. The zero-order valence-corrected chi connectivity index (χ0v) is 12.4. The minimum Gasteiger partial charge on any atom is -0.398 e. The van der Waals surface area contributed by atoms with Crippen LogP contribution >= 0.6 is 0 Å². The third-order valence-corrected chi connectivity index (χ3v) is 3.47. The molecule has 0 fully saturated rings. The first-order chi connectivity index (χ1) is 10.1. The van der Waals surface area contributed by atoms with Gasteiger partial charge in [0.2, 0.25) is 0 Å². The Bertz CT molecular complexity index is 596. The molecule has 1 atom stereocenters. The van der Waals surface area contributed by atoms with Crippen LogP contribution in [0.2, 0.25) is 0 Å². The Balaban J connectivity index is 2.06. The average Bonchev–Trinajstić information content (AvgIpc) is 2.48. The fourth-order valence-electron chi connectivity index (χ4n) is 2.26. The van der Waals surface area contributed by atoms with E-state index in [9.17, 15) is 4.79 Å². The van der Waals surface area contributed by atoms with Gasteiger partial charge < -0.3 is 16.0 Å². The molecule has 2 aromatic carbocycles. The number of nitrogens with one attached hydrogen (secondary N) is 1. The van der Waals surface area contributed by atoms with Gasteiger partial charge in [-0.15, -0.1) is 0 Å². The summed E-state index contributed by atoms with van der Waals surface area (Å²) in [6, 6.07) is 17.3. The normalized spacial score (nSPS) is 12.1. The highest BCUT2D eigenvalue weighted by Gasteiger charge is 2.16. The number of para-hydroxylation sites is 1. The highest BCUT2D eigenvalue weighted by atomic mass is 16.1. The van der Waals surface area contributed by atoms with Crippen molar-refractivity contribution in [3.8, 4) is 0 Å². The highest BCUT2D eigenvalue weighted by molar-refractivity contribution is 5.99. The summed E-state index contributed by atoms with van der Waals surface area (Å²) in [4.78, 5) is 14.3. The minimum atomic E-state index is -0.143. The Morgan fingerprint density at radius 2 is 1.71 bits per heavy atom. The summed E-state index contributed by atoms with van der Waals surface area (Å²) in [7, 11) is 4.00. The summed E-state index contributed by atoms with van der Waals surface area (Å²) in [5, 5.41) is 2.96. The van der Waals surface area contributed by atoms with Crippen LogP contribution in [0.5, 0.6) is 0 Å². The highest BCUT2D eigenvalue weighted by Crippen LogP contribution is 2.17. The fraction of sp³-hybridized carbons (Fsp3) is 0.235. The van der Waals surface area contributed by atoms with E-state index in [0.717, 1.165) is 0 Å². The number of hydrogen-bond acceptors (Lipinski definition) is 3. The summed E-state index contributed by atoms with van der Waals surface area (Å²) in [5.41, 5.74) is 8.01. The number of amides is 1. The molecule has 1 amide bonds. The monoisotopic (exact) mass is 283 g/mol. The molecule has 0 aliphatic heterocycles. The van der Waals surface area contributed by atoms with Crippen molar-refractivity contribution >= 4 is 11.6 Å². The van der Waals surface area contributed by atoms with Crippen molar-refractivity contribution in [3.05, 3.63) is 65.7 Å². The van der Waals surface area contributed by atoms with E-state index in [0.29, 0.717) is 17.8 Å². The lowest BCUT2D eigenvalue weighted by atomic mass is 10.1. The number of likely N-dealkylation sites (N-methyl/N-ethyl adjacent to an activating group) is 1. The predicted molar refractivity (Wildman–Crippen MR) is 86.1 cm³/mol. The van der Waals surface area contributed by atoms with Crippen molar-refractivity contribution in [3.63, 3.8) is 0 Å². The van der Waals surface area contributed by atoms with Gasteiger partial charge in [0.15, 0.2) is 0 Å². The molecule has 0 saturated heterocycles. The molecule has 0 saturated carbocycles. The lowest BCUT2D eigenvalue weighted by Gasteiger charge is -2.25. The summed E-state index contributed by atoms with van der Waals surface area (Å²) in [6.45, 7) is 0.532. The van der Waals surface area contributed by atoms with Crippen LogP contribution in [0.1, 0.15) is 22.0 Å². The summed E-state index contributed by atoms with van der Waals surface area (Å²) < 4.78 is 0. The molecule has 2 aromatic rings. The number of nitrogens with zero attached hydrogens (tertiary/aromatic N) is 1. The zero-order chi connectivity index (χ0) is 15.2. The van der Waals surface area contributed by atoms with E-state index in [4.69, 9.17) is 5.73 Å². The molecule has 0 radical (unpaired) electrons. The Hall–Kier alpha value is -2.33. The van der Waals surface area contributed by atoms with Gasteiger partial charge in [0, 0.05) is 12.2 Å². The van der Waals surface area contributed by atoms with Crippen LogP contribution in [0, 0.1) is 0 Å². The van der Waals surface area contributed by atoms with Crippen LogP contribution in [-0.2, 0) is 0 Å². The van der Waals surface area contributed by atoms with Gasteiger partial charge in [0.05, 0.1) is 11.6 Å². The van der Waals surface area contributed by atoms with Gasteiger partial charge in [-0.2, -0.15) is 0 Å². The maximum atomic E-state index is 12.2. The van der Waals surface area contributed by atoms with Crippen molar-refractivity contribution in [2.45, 2.75) is 6.04 Å². The van der Waals surface area contributed by atoms with E-state index >= 15 is 0 Å². The number of carbonyl (C=O) groups is 1. The second-order valence-electron chi connectivity index (χ2n) is 5.19. The standard InChI is InChI=1S/C17H21N3O/c1-20(2)16(13-8-4-3-5-9-13)12-19-17(21)14-10-6-7-11-15(14)18/h3-11,16H,12,18H2,1-2H3,(H,19,21). The van der Waals surface area contributed by atoms with E-state index in [1.165, 1.54) is 5.56 Å². The summed E-state index contributed by atoms with van der Waals surface area (Å²) in [6.07, 6.45) is 0. The maximum absolute atomic E-state index is 12.2. The van der Waals surface area contributed by atoms with E-state index in [1.54, 1.807) is 12.1 Å². The number of benzene rings is 2. The molecule has 1 unspecified atom stereocenters. The van der Waals surface area contributed by atoms with E-state index in [2.05, 4.69) is 22.3 Å². The third kappa shape index (κ3) is 3.83. The SMILES string of the molecule is CN(C)C(CNC(=O)c1ccccc1N)c1ccccc1. The first-order valence-corrected chi connectivity index (χ1v) is 6.93. The molecule has 0 spiro atoms. The predicted octanol–water partition coefficient (Wildman–Crippen LogP) is 2.30. The second kappa shape index (κ2) is 6.90. The van der Waals surface area contributed by atoms with Gasteiger partial charge in [0.1, 0.15) is 0 Å². The number of rotatable bonds is 5. The van der Waals surface area contributed by atoms with E-state index in [1.807, 2.05) is 44.4 Å². The molecule has 21 heavy (non-hydrogen) atoms. The van der Waals surface area contributed by atoms with Gasteiger partial charge in [-0.05, 0) is 31.8 Å². The molecule has 3 N–H and O–H groups in total. The molecule has 4 nitrogen and oxygen atoms in total. The van der Waals surface area contributed by atoms with Gasteiger partial charge in [-0.1, -0.05) is 42.5 Å². The Morgan fingerprint density at radius 1 is 1.10 bits per heavy atom. The number of anilines is 1. The van der Waals surface area contributed by atoms with Crippen LogP contribution in [0.15, 0.2) is 54.6 Å². The molecular formula is C17H21N3O. The molecule has 0 aromatic heterocycles. The van der Waals surface area contributed by atoms with Gasteiger partial charge in [-0.25, -0.2) is 0 Å². The largest absolute Gasteiger partial charge is 0.398 e. The summed E-state index contributed by atoms with van der Waals surface area (Å²) >= 11 is 0. The number of nitrogen functional groups attached to an aromatic ring is 1. The fourth-order valence-corrected chi connectivity index (χ4v) is 2.26. The minimum absolute atomic E-state index is 0.125. The second-order valence-corrected chi connectivity index (χ2v) is 5.19. The van der Waals surface area contributed by atoms with E-state index in [-0.39, 0.29) is 11.9 Å². The number of carbonyl (C=O) groups excluding carboxylic acids is 1. The number of nitrogens with two attached hydrogens (primary N) is 1. The topological polar surface area (TPSA) is 58.4 Å². The molecule has 0 heterocycles. The van der Waals surface area contributed by atoms with Crippen molar-refractivity contribution in [2.75, 3.05) is 26.4 Å². The van der Waals surface area contributed by atoms with Crippen LogP contribution in [0.25, 0.3) is 0 Å². The Labute approximate surface area is 125 Å². The van der Waals surface area contributed by atoms with Gasteiger partial charge in [-0.3, -0.25) is 4.79 Å². The molecule has 4 heteroatoms. The third-order valence-electron chi connectivity index (χ3n) is 3.47. The van der Waals surface area contributed by atoms with Crippen LogP contribution in [0.3, 0.4) is 0 Å². The van der Waals surface area contributed by atoms with Gasteiger partial charge >= 0.3 is 0 Å². The van der Waals surface area contributed by atoms with Crippen molar-refractivity contribution < 1.29 is 4.79 Å². The lowest BCUT2D eigenvalue weighted by Crippen LogP contribution is -2.34. The van der Waals surface area contributed by atoms with Crippen molar-refractivity contribution in [1.29, 1.82) is 0 Å². The summed E-state index contributed by atoms with van der Waals surface area (Å²) in [5.74, 6) is -0.143. The molecular weight excluding hydrogens is 262 g/mol. The Morgan fingerprint density at radius 3 is 2.33 bits per heavy atom. The average molecular weight is 283 g/mol. The quantitative estimate of drug-likeness (QED) is 0.828. The molecule has 2 rings (SSSR count). The first-order valence-electron chi connectivity index (χ1n) is 6.93. The van der Waals surface area contributed by atoms with E-state index < -0.39 is 0 Å². The van der Waals surface area contributed by atoms with Crippen LogP contribution < -0.4 is 11.1 Å². The first kappa shape index (κ1) is 15.1. The van der Waals surface area contributed by atoms with Crippen LogP contribution in [0.4, 0.5) is 5.69 Å². The molecule has 0 aliphatic rings. The Kier molecular flexibility index (Phi) is 4.95. The molecule has 110 valence electrons. The molecule has 0 bridgehead atoms. The van der Waals surface area contributed by atoms with Crippen LogP contribution in [-0.4, -0.2) is 31.4 Å². The zero-order valence-electron chi connectivity index (χ0n) is 12.4. The van der Waals surface area contributed by atoms with Crippen molar-refractivity contribution in [1.82, 2.24) is 10.2 Å². The lowest BCUT2D eigenvalue weighted by molar-refractivity contribution is 0.0943. The van der Waals surface area contributed by atoms with Gasteiger partial charge in [0.25, 0.3) is 5.91 Å². The van der Waals surface area contributed by atoms with Crippen molar-refractivity contribution in [2.24, 2.45) is 0 Å².